The van der Waals surface area contributed by atoms with E-state index in [0.717, 1.165) is 11.3 Å². The van der Waals surface area contributed by atoms with E-state index >= 15 is 0 Å². The van der Waals surface area contributed by atoms with Gasteiger partial charge in [-0.2, -0.15) is 0 Å². The van der Waals surface area contributed by atoms with Gasteiger partial charge in [0, 0.05) is 5.56 Å². The molecule has 2 heterocycles. The van der Waals surface area contributed by atoms with E-state index in [1.54, 1.807) is 11.8 Å². The van der Waals surface area contributed by atoms with Crippen LogP contribution < -0.4 is 5.73 Å². The number of benzene rings is 1. The van der Waals surface area contributed by atoms with Crippen molar-refractivity contribution in [2.45, 2.75) is 43.0 Å². The molecule has 0 amide bonds. The topological polar surface area (TPSA) is 73.9 Å². The van der Waals surface area contributed by atoms with Crippen LogP contribution in [-0.4, -0.2) is 47.3 Å². The van der Waals surface area contributed by atoms with Crippen molar-refractivity contribution in [3.63, 3.8) is 0 Å². The van der Waals surface area contributed by atoms with Crippen LogP contribution in [0.15, 0.2) is 30.3 Å². The van der Waals surface area contributed by atoms with Gasteiger partial charge in [-0.05, 0) is 5.75 Å². The van der Waals surface area contributed by atoms with Gasteiger partial charge < -0.3 is 25.1 Å². The van der Waals surface area contributed by atoms with E-state index in [2.05, 4.69) is 0 Å². The number of aliphatic hydroxyl groups is 1. The lowest BCUT2D eigenvalue weighted by molar-refractivity contribution is -0.305. The monoisotopic (exact) mass is 311 g/mol. The lowest BCUT2D eigenvalue weighted by Gasteiger charge is -2.46. The molecule has 2 aliphatic rings. The van der Waals surface area contributed by atoms with E-state index in [0.29, 0.717) is 6.61 Å². The van der Waals surface area contributed by atoms with Gasteiger partial charge in [0.05, 0.1) is 12.6 Å². The van der Waals surface area contributed by atoms with Gasteiger partial charge in [-0.15, -0.1) is 11.8 Å². The van der Waals surface area contributed by atoms with Crippen LogP contribution in [0.1, 0.15) is 18.8 Å². The molecule has 2 fully saturated rings. The quantitative estimate of drug-likeness (QED) is 0.876. The van der Waals surface area contributed by atoms with E-state index in [9.17, 15) is 5.11 Å². The summed E-state index contributed by atoms with van der Waals surface area (Å²) in [5, 5.41) is 10.4. The SMILES string of the molecule is CCS[C@@H]1OC2COC(c3ccccc3)O[C@H]2[C@H](O)C1N. The van der Waals surface area contributed by atoms with Crippen molar-refractivity contribution >= 4 is 11.8 Å². The minimum Gasteiger partial charge on any atom is -0.389 e. The first-order valence-electron chi connectivity index (χ1n) is 7.23. The maximum Gasteiger partial charge on any atom is 0.184 e. The second kappa shape index (κ2) is 6.64. The first kappa shape index (κ1) is 15.3. The number of thioether (sulfide) groups is 1. The van der Waals surface area contributed by atoms with Gasteiger partial charge in [0.1, 0.15) is 23.7 Å². The van der Waals surface area contributed by atoms with Gasteiger partial charge in [0.15, 0.2) is 6.29 Å². The molecule has 3 unspecified atom stereocenters. The van der Waals surface area contributed by atoms with Crippen LogP contribution in [0.5, 0.6) is 0 Å². The maximum atomic E-state index is 10.4. The second-order valence-electron chi connectivity index (χ2n) is 5.24. The molecule has 1 aromatic rings. The Hall–Kier alpha value is -0.630. The molecule has 0 aliphatic carbocycles. The van der Waals surface area contributed by atoms with Crippen LogP contribution in [0.2, 0.25) is 0 Å². The molecular weight excluding hydrogens is 290 g/mol. The Morgan fingerprint density at radius 1 is 1.29 bits per heavy atom. The van der Waals surface area contributed by atoms with Crippen LogP contribution in [0, 0.1) is 0 Å². The van der Waals surface area contributed by atoms with Crippen molar-refractivity contribution < 1.29 is 19.3 Å². The highest BCUT2D eigenvalue weighted by Crippen LogP contribution is 2.35. The largest absolute Gasteiger partial charge is 0.389 e. The van der Waals surface area contributed by atoms with Gasteiger partial charge in [0.2, 0.25) is 0 Å². The summed E-state index contributed by atoms with van der Waals surface area (Å²) in [6, 6.07) is 9.23. The molecule has 0 bridgehead atoms. The Labute approximate surface area is 128 Å². The van der Waals surface area contributed by atoms with Crippen LogP contribution in [-0.2, 0) is 14.2 Å². The highest BCUT2D eigenvalue weighted by atomic mass is 32.2. The summed E-state index contributed by atoms with van der Waals surface area (Å²) in [6.07, 6.45) is -1.95. The molecule has 5 nitrogen and oxygen atoms in total. The Morgan fingerprint density at radius 2 is 2.05 bits per heavy atom. The van der Waals surface area contributed by atoms with E-state index in [1.807, 2.05) is 37.3 Å². The lowest BCUT2D eigenvalue weighted by atomic mass is 9.97. The zero-order valence-electron chi connectivity index (χ0n) is 11.9. The zero-order valence-corrected chi connectivity index (χ0v) is 12.7. The van der Waals surface area contributed by atoms with Gasteiger partial charge in [-0.1, -0.05) is 37.3 Å². The molecule has 0 aromatic heterocycles. The molecule has 3 N–H and O–H groups in total. The van der Waals surface area contributed by atoms with Gasteiger partial charge in [-0.25, -0.2) is 0 Å². The number of hydrogen-bond acceptors (Lipinski definition) is 6. The molecule has 3 rings (SSSR count). The first-order valence-corrected chi connectivity index (χ1v) is 8.28. The Bertz CT molecular complexity index is 458. The Balaban J connectivity index is 1.71. The smallest absolute Gasteiger partial charge is 0.184 e. The molecule has 6 atom stereocenters. The van der Waals surface area contributed by atoms with E-state index in [1.165, 1.54) is 0 Å². The minimum absolute atomic E-state index is 0.216. The molecule has 2 saturated heterocycles. The van der Waals surface area contributed by atoms with Crippen molar-refractivity contribution in [3.8, 4) is 0 Å². The van der Waals surface area contributed by atoms with Crippen molar-refractivity contribution in [2.24, 2.45) is 5.73 Å². The predicted molar refractivity (Wildman–Crippen MR) is 80.8 cm³/mol. The summed E-state index contributed by atoms with van der Waals surface area (Å²) in [7, 11) is 0. The van der Waals surface area contributed by atoms with E-state index in [4.69, 9.17) is 19.9 Å². The average molecular weight is 311 g/mol. The number of nitrogens with two attached hydrogens (primary N) is 1. The summed E-state index contributed by atoms with van der Waals surface area (Å²) >= 11 is 1.60. The molecular formula is C15H21NO4S. The molecule has 6 heteroatoms. The van der Waals surface area contributed by atoms with E-state index in [-0.39, 0.29) is 11.5 Å². The standard InChI is InChI=1S/C15H21NO4S/c1-2-21-15-11(16)12(17)13-10(19-15)8-18-14(20-13)9-6-4-3-5-7-9/h3-7,10-15,17H,2,8,16H2,1H3/t10?,11?,12-,13-,14?,15+/m1/s1. The fourth-order valence-electron chi connectivity index (χ4n) is 2.71. The maximum absolute atomic E-state index is 10.4. The van der Waals surface area contributed by atoms with Crippen LogP contribution in [0.25, 0.3) is 0 Å². The van der Waals surface area contributed by atoms with Crippen LogP contribution >= 0.6 is 11.8 Å². The van der Waals surface area contributed by atoms with Crippen LogP contribution in [0.4, 0.5) is 0 Å². The number of hydrogen-bond donors (Lipinski definition) is 2. The highest BCUT2D eigenvalue weighted by molar-refractivity contribution is 7.99. The summed E-state index contributed by atoms with van der Waals surface area (Å²) in [5.41, 5.74) is 6.80. The normalized spacial score (nSPS) is 39.8. The summed E-state index contributed by atoms with van der Waals surface area (Å²) in [6.45, 7) is 2.44. The third kappa shape index (κ3) is 3.11. The first-order chi connectivity index (χ1) is 10.2. The lowest BCUT2D eigenvalue weighted by Crippen LogP contribution is -2.63. The average Bonchev–Trinajstić information content (AvgIpc) is 2.53. The number of fused-ring (bicyclic) bond motifs is 1. The van der Waals surface area contributed by atoms with Crippen molar-refractivity contribution in [3.05, 3.63) is 35.9 Å². The Kier molecular flexibility index (Phi) is 4.83. The van der Waals surface area contributed by atoms with Crippen LogP contribution in [0.3, 0.4) is 0 Å². The molecule has 116 valence electrons. The summed E-state index contributed by atoms with van der Waals surface area (Å²) in [5.74, 6) is 0.886. The van der Waals surface area contributed by atoms with Gasteiger partial charge in [0.25, 0.3) is 0 Å². The molecule has 1 aromatic carbocycles. The number of rotatable bonds is 3. The van der Waals surface area contributed by atoms with Gasteiger partial charge >= 0.3 is 0 Å². The Morgan fingerprint density at radius 3 is 2.76 bits per heavy atom. The fraction of sp³-hybridized carbons (Fsp3) is 0.600. The minimum atomic E-state index is -0.747. The third-order valence-electron chi connectivity index (χ3n) is 3.82. The number of aliphatic hydroxyl groups excluding tert-OH is 1. The van der Waals surface area contributed by atoms with E-state index < -0.39 is 24.5 Å². The molecule has 2 aliphatic heterocycles. The molecule has 0 radical (unpaired) electrons. The predicted octanol–water partition coefficient (Wildman–Crippen LogP) is 1.27. The highest BCUT2D eigenvalue weighted by Gasteiger charge is 2.47. The van der Waals surface area contributed by atoms with Crippen molar-refractivity contribution in [1.82, 2.24) is 0 Å². The summed E-state index contributed by atoms with van der Waals surface area (Å²) < 4.78 is 17.6. The third-order valence-corrected chi connectivity index (χ3v) is 4.90. The number of ether oxygens (including phenoxy) is 3. The molecule has 0 saturated carbocycles. The fourth-order valence-corrected chi connectivity index (χ4v) is 3.64. The zero-order chi connectivity index (χ0) is 14.8. The second-order valence-corrected chi connectivity index (χ2v) is 6.62. The molecule has 0 spiro atoms. The van der Waals surface area contributed by atoms with Crippen molar-refractivity contribution in [1.29, 1.82) is 0 Å². The summed E-state index contributed by atoms with van der Waals surface area (Å²) in [4.78, 5) is 0. The van der Waals surface area contributed by atoms with Crippen molar-refractivity contribution in [2.75, 3.05) is 12.4 Å². The molecule has 21 heavy (non-hydrogen) atoms. The van der Waals surface area contributed by atoms with Gasteiger partial charge in [-0.3, -0.25) is 0 Å².